The summed E-state index contributed by atoms with van der Waals surface area (Å²) in [6.07, 6.45) is 6.08. The zero-order chi connectivity index (χ0) is 41.8. The molecule has 0 aliphatic heterocycles. The lowest BCUT2D eigenvalue weighted by Crippen LogP contribution is -2.28. The third kappa shape index (κ3) is 5.35. The van der Waals surface area contributed by atoms with Crippen molar-refractivity contribution in [1.29, 1.82) is 0 Å². The van der Waals surface area contributed by atoms with E-state index >= 15 is 0 Å². The Kier molecular flexibility index (Phi) is 8.20. The minimum absolute atomic E-state index is 0.0528. The fourth-order valence-electron chi connectivity index (χ4n) is 12.2. The van der Waals surface area contributed by atoms with Crippen LogP contribution in [0, 0.1) is 0 Å². The van der Waals surface area contributed by atoms with Crippen LogP contribution in [0.5, 0.6) is 0 Å². The van der Waals surface area contributed by atoms with Crippen LogP contribution in [0.3, 0.4) is 0 Å². The van der Waals surface area contributed by atoms with Crippen molar-refractivity contribution in [2.45, 2.75) is 76.0 Å². The van der Waals surface area contributed by atoms with E-state index in [-0.39, 0.29) is 16.2 Å². The molecule has 2 heteroatoms. The summed E-state index contributed by atoms with van der Waals surface area (Å²) in [5.41, 5.74) is 23.7. The Morgan fingerprint density at radius 3 is 1.02 bits per heavy atom. The van der Waals surface area contributed by atoms with E-state index in [4.69, 9.17) is 0 Å². The second-order valence-corrected chi connectivity index (χ2v) is 19.2. The molecule has 1 fully saturated rings. The third-order valence-corrected chi connectivity index (χ3v) is 15.2. The van der Waals surface area contributed by atoms with Crippen molar-refractivity contribution in [2.24, 2.45) is 0 Å². The molecule has 0 aromatic heterocycles. The number of hydrogen-bond acceptors (Lipinski definition) is 2. The van der Waals surface area contributed by atoms with Gasteiger partial charge in [0.05, 0.1) is 0 Å². The number of para-hydroxylation sites is 2. The second-order valence-electron chi connectivity index (χ2n) is 19.2. The van der Waals surface area contributed by atoms with E-state index in [1.165, 1.54) is 120 Å². The van der Waals surface area contributed by atoms with Gasteiger partial charge < -0.3 is 9.80 Å². The van der Waals surface area contributed by atoms with Gasteiger partial charge in [-0.3, -0.25) is 0 Å². The molecule has 0 radical (unpaired) electrons. The van der Waals surface area contributed by atoms with Crippen molar-refractivity contribution in [2.75, 3.05) is 9.80 Å². The molecule has 302 valence electrons. The molecule has 4 aliphatic carbocycles. The first-order chi connectivity index (χ1) is 30.2. The van der Waals surface area contributed by atoms with Gasteiger partial charge in [0.15, 0.2) is 0 Å². The molecule has 0 amide bonds. The normalized spacial score (nSPS) is 16.5. The Hall–Kier alpha value is -6.64. The molecule has 0 N–H and O–H groups in total. The molecule has 0 atom stereocenters. The van der Waals surface area contributed by atoms with Gasteiger partial charge in [-0.05, 0) is 152 Å². The van der Waals surface area contributed by atoms with Crippen molar-refractivity contribution in [3.8, 4) is 33.4 Å². The van der Waals surface area contributed by atoms with E-state index in [0.717, 1.165) is 12.8 Å². The summed E-state index contributed by atoms with van der Waals surface area (Å²) in [6.45, 7) is 9.52. The molecule has 0 bridgehead atoms. The van der Waals surface area contributed by atoms with Gasteiger partial charge in [-0.1, -0.05) is 156 Å². The number of rotatable bonds is 6. The first kappa shape index (κ1) is 37.1. The van der Waals surface area contributed by atoms with Crippen molar-refractivity contribution in [3.05, 3.63) is 215 Å². The average Bonchev–Trinajstić information content (AvgIpc) is 3.80. The van der Waals surface area contributed by atoms with Crippen molar-refractivity contribution < 1.29 is 0 Å². The smallest absolute Gasteiger partial charge is 0.0465 e. The van der Waals surface area contributed by atoms with Gasteiger partial charge in [0.1, 0.15) is 0 Å². The van der Waals surface area contributed by atoms with Gasteiger partial charge in [-0.15, -0.1) is 0 Å². The van der Waals surface area contributed by atoms with E-state index in [0.29, 0.717) is 0 Å². The van der Waals surface area contributed by atoms with Crippen LogP contribution in [0.15, 0.2) is 182 Å². The lowest BCUT2D eigenvalue weighted by molar-refractivity contribution is 0.353. The molecule has 62 heavy (non-hydrogen) atoms. The lowest BCUT2D eigenvalue weighted by Gasteiger charge is -2.37. The number of nitrogens with zero attached hydrogens (tertiary/aromatic N) is 2. The fourth-order valence-corrected chi connectivity index (χ4v) is 12.2. The van der Waals surface area contributed by atoms with Crippen LogP contribution in [0.2, 0.25) is 0 Å². The zero-order valence-corrected chi connectivity index (χ0v) is 36.3. The summed E-state index contributed by atoms with van der Waals surface area (Å²) in [6, 6.07) is 68.9. The molecule has 8 aromatic rings. The van der Waals surface area contributed by atoms with E-state index in [1.54, 1.807) is 0 Å². The molecule has 1 saturated carbocycles. The van der Waals surface area contributed by atoms with E-state index < -0.39 is 0 Å². The van der Waals surface area contributed by atoms with Gasteiger partial charge in [-0.2, -0.15) is 0 Å². The standard InChI is InChI=1S/C60H52N2/c1-58(2)52-24-14-12-22-46(52)48-30-26-42(36-54(48)58)61(40-18-8-5-9-19-40)44-28-32-50-51-33-29-45(39-57(51)60(56(50)38-44)34-16-7-17-35-60)62(41-20-10-6-11-21-41)43-27-31-49-47-23-13-15-25-53(47)59(3,4)55(49)37-43/h5-6,8-15,18-33,36-39H,7,16-17,34-35H2,1-4H3. The quantitative estimate of drug-likeness (QED) is 0.165. The summed E-state index contributed by atoms with van der Waals surface area (Å²) >= 11 is 0. The fraction of sp³-hybridized carbons (Fsp3) is 0.200. The maximum atomic E-state index is 2.57. The van der Waals surface area contributed by atoms with Crippen LogP contribution < -0.4 is 9.80 Å². The molecular formula is C60H52N2. The highest BCUT2D eigenvalue weighted by Gasteiger charge is 2.45. The topological polar surface area (TPSA) is 6.48 Å². The SMILES string of the molecule is CC1(C)c2ccccc2-c2ccc(N(c3ccccc3)c3ccc4c(c3)C3(CCCCC3)c3cc(N(c5ccccc5)c5ccc6c(c5)C(C)(C)c5ccccc5-6)ccc3-4)cc21. The van der Waals surface area contributed by atoms with Gasteiger partial charge in [0.2, 0.25) is 0 Å². The average molecular weight is 801 g/mol. The predicted molar refractivity (Wildman–Crippen MR) is 260 cm³/mol. The maximum Gasteiger partial charge on any atom is 0.0465 e. The van der Waals surface area contributed by atoms with Crippen molar-refractivity contribution >= 4 is 34.1 Å². The van der Waals surface area contributed by atoms with Crippen LogP contribution in [-0.2, 0) is 16.2 Å². The molecule has 0 heterocycles. The largest absolute Gasteiger partial charge is 0.310 e. The highest BCUT2D eigenvalue weighted by atomic mass is 15.1. The molecular weight excluding hydrogens is 749 g/mol. The van der Waals surface area contributed by atoms with Gasteiger partial charge in [0, 0.05) is 50.4 Å². The van der Waals surface area contributed by atoms with Gasteiger partial charge >= 0.3 is 0 Å². The van der Waals surface area contributed by atoms with Crippen molar-refractivity contribution in [3.63, 3.8) is 0 Å². The number of fused-ring (bicyclic) bond motifs is 11. The summed E-state index contributed by atoms with van der Waals surface area (Å²) < 4.78 is 0. The first-order valence-electron chi connectivity index (χ1n) is 22.7. The molecule has 0 saturated heterocycles. The zero-order valence-electron chi connectivity index (χ0n) is 36.3. The monoisotopic (exact) mass is 800 g/mol. The summed E-state index contributed by atoms with van der Waals surface area (Å²) in [7, 11) is 0. The lowest BCUT2D eigenvalue weighted by atomic mass is 9.67. The third-order valence-electron chi connectivity index (χ3n) is 15.2. The Labute approximate surface area is 367 Å². The molecule has 1 spiro atoms. The van der Waals surface area contributed by atoms with Crippen LogP contribution in [0.4, 0.5) is 34.1 Å². The second kappa shape index (κ2) is 13.7. The molecule has 4 aliphatic rings. The number of anilines is 6. The Morgan fingerprint density at radius 2 is 0.613 bits per heavy atom. The van der Waals surface area contributed by atoms with Gasteiger partial charge in [-0.25, -0.2) is 0 Å². The van der Waals surface area contributed by atoms with Crippen LogP contribution in [0.1, 0.15) is 93.2 Å². The summed E-state index contributed by atoms with van der Waals surface area (Å²) in [5, 5.41) is 0. The Bertz CT molecular complexity index is 2860. The van der Waals surface area contributed by atoms with Crippen LogP contribution >= 0.6 is 0 Å². The molecule has 2 nitrogen and oxygen atoms in total. The van der Waals surface area contributed by atoms with E-state index in [2.05, 4.69) is 219 Å². The van der Waals surface area contributed by atoms with Crippen LogP contribution in [-0.4, -0.2) is 0 Å². The number of hydrogen-bond donors (Lipinski definition) is 0. The highest BCUT2D eigenvalue weighted by Crippen LogP contribution is 2.59. The van der Waals surface area contributed by atoms with Gasteiger partial charge in [0.25, 0.3) is 0 Å². The molecule has 12 rings (SSSR count). The Morgan fingerprint density at radius 1 is 0.290 bits per heavy atom. The van der Waals surface area contributed by atoms with Crippen molar-refractivity contribution in [1.82, 2.24) is 0 Å². The molecule has 0 unspecified atom stereocenters. The van der Waals surface area contributed by atoms with E-state index in [9.17, 15) is 0 Å². The van der Waals surface area contributed by atoms with E-state index in [1.807, 2.05) is 0 Å². The maximum absolute atomic E-state index is 2.57. The first-order valence-corrected chi connectivity index (χ1v) is 22.7. The molecule has 8 aromatic carbocycles. The highest BCUT2D eigenvalue weighted by molar-refractivity contribution is 5.91. The minimum atomic E-state index is -0.0810. The minimum Gasteiger partial charge on any atom is -0.310 e. The number of benzene rings is 8. The summed E-state index contributed by atoms with van der Waals surface area (Å²) in [4.78, 5) is 4.99. The predicted octanol–water partition coefficient (Wildman–Crippen LogP) is 16.5. The Balaban J connectivity index is 0.991. The summed E-state index contributed by atoms with van der Waals surface area (Å²) in [5.74, 6) is 0. The van der Waals surface area contributed by atoms with Crippen LogP contribution in [0.25, 0.3) is 33.4 Å².